The molecule has 1 aromatic heterocycles. The molecule has 3 heterocycles. The molecule has 0 amide bonds. The number of likely N-dealkylation sites (tertiary alicyclic amines) is 1. The lowest BCUT2D eigenvalue weighted by Gasteiger charge is -2.37. The van der Waals surface area contributed by atoms with Crippen molar-refractivity contribution in [2.45, 2.75) is 43.4 Å². The second kappa shape index (κ2) is 12.7. The Morgan fingerprint density at radius 3 is 2.66 bits per heavy atom. The molecule has 3 rings (SSSR count). The molecule has 1 aromatic rings. The van der Waals surface area contributed by atoms with Gasteiger partial charge in [0.25, 0.3) is 0 Å². The van der Waals surface area contributed by atoms with Crippen molar-refractivity contribution in [3.63, 3.8) is 0 Å². The van der Waals surface area contributed by atoms with Gasteiger partial charge in [0, 0.05) is 43.0 Å². The van der Waals surface area contributed by atoms with Crippen LogP contribution in [-0.2, 0) is 4.74 Å². The van der Waals surface area contributed by atoms with Gasteiger partial charge in [0.1, 0.15) is 0 Å². The van der Waals surface area contributed by atoms with E-state index in [2.05, 4.69) is 51.2 Å². The van der Waals surface area contributed by atoms with Crippen LogP contribution in [0.15, 0.2) is 22.5 Å². The zero-order valence-corrected chi connectivity index (χ0v) is 21.9. The van der Waals surface area contributed by atoms with Crippen LogP contribution in [-0.4, -0.2) is 68.3 Å². The van der Waals surface area contributed by atoms with Crippen LogP contribution in [0.5, 0.6) is 0 Å². The first-order valence-electron chi connectivity index (χ1n) is 10.5. The molecule has 2 aliphatic heterocycles. The maximum atomic E-state index is 5.56. The predicted molar refractivity (Wildman–Crippen MR) is 138 cm³/mol. The Morgan fingerprint density at radius 1 is 1.34 bits per heavy atom. The van der Waals surface area contributed by atoms with Crippen molar-refractivity contribution >= 4 is 53.0 Å². The van der Waals surface area contributed by atoms with E-state index in [0.717, 1.165) is 51.0 Å². The van der Waals surface area contributed by atoms with E-state index in [0.29, 0.717) is 6.04 Å². The highest BCUT2D eigenvalue weighted by atomic mass is 127. The maximum absolute atomic E-state index is 5.56. The van der Waals surface area contributed by atoms with Crippen molar-refractivity contribution in [1.82, 2.24) is 15.5 Å². The Balaban J connectivity index is 0.00000300. The van der Waals surface area contributed by atoms with Gasteiger partial charge in [-0.2, -0.15) is 11.8 Å². The Hall–Kier alpha value is -0.0300. The number of halogens is 1. The summed E-state index contributed by atoms with van der Waals surface area (Å²) < 4.78 is 5.82. The zero-order valence-electron chi connectivity index (χ0n) is 18.0. The average molecular weight is 553 g/mol. The molecule has 29 heavy (non-hydrogen) atoms. The van der Waals surface area contributed by atoms with E-state index in [9.17, 15) is 0 Å². The van der Waals surface area contributed by atoms with Crippen LogP contribution in [0.4, 0.5) is 0 Å². The van der Waals surface area contributed by atoms with Gasteiger partial charge in [0.2, 0.25) is 0 Å². The normalized spacial score (nSPS) is 22.0. The minimum Gasteiger partial charge on any atom is -0.381 e. The van der Waals surface area contributed by atoms with Gasteiger partial charge >= 0.3 is 0 Å². The van der Waals surface area contributed by atoms with Gasteiger partial charge in [-0.05, 0) is 62.4 Å². The minimum atomic E-state index is 0. The third-order valence-electron chi connectivity index (χ3n) is 6.23. The Kier molecular flexibility index (Phi) is 11.1. The number of nitrogens with zero attached hydrogens (tertiary/aromatic N) is 2. The summed E-state index contributed by atoms with van der Waals surface area (Å²) in [7, 11) is 1.87. The molecule has 8 heteroatoms. The van der Waals surface area contributed by atoms with Gasteiger partial charge in [0.15, 0.2) is 5.96 Å². The summed E-state index contributed by atoms with van der Waals surface area (Å²) in [5.41, 5.74) is 0. The van der Waals surface area contributed by atoms with E-state index in [4.69, 9.17) is 4.74 Å². The highest BCUT2D eigenvalue weighted by molar-refractivity contribution is 14.0. The van der Waals surface area contributed by atoms with E-state index in [1.165, 1.54) is 30.8 Å². The van der Waals surface area contributed by atoms with Gasteiger partial charge in [-0.15, -0.1) is 35.3 Å². The first-order valence-corrected chi connectivity index (χ1v) is 12.6. The first kappa shape index (κ1) is 25.2. The fraction of sp³-hybridized carbons (Fsp3) is 0.762. The number of guanidine groups is 1. The molecule has 2 aliphatic rings. The van der Waals surface area contributed by atoms with Gasteiger partial charge in [-0.25, -0.2) is 0 Å². The molecule has 2 saturated heterocycles. The fourth-order valence-corrected chi connectivity index (χ4v) is 5.74. The van der Waals surface area contributed by atoms with Crippen molar-refractivity contribution in [3.05, 3.63) is 22.4 Å². The lowest BCUT2D eigenvalue weighted by atomic mass is 9.97. The van der Waals surface area contributed by atoms with Gasteiger partial charge < -0.3 is 15.4 Å². The number of piperidine rings is 1. The summed E-state index contributed by atoms with van der Waals surface area (Å²) in [4.78, 5) is 8.58. The van der Waals surface area contributed by atoms with Gasteiger partial charge in [-0.3, -0.25) is 9.89 Å². The third kappa shape index (κ3) is 7.26. The van der Waals surface area contributed by atoms with Crippen LogP contribution in [0.1, 0.15) is 43.5 Å². The van der Waals surface area contributed by atoms with E-state index >= 15 is 0 Å². The van der Waals surface area contributed by atoms with E-state index in [1.807, 2.05) is 30.1 Å². The summed E-state index contributed by atoms with van der Waals surface area (Å²) in [5, 5.41) is 9.39. The first-order chi connectivity index (χ1) is 13.7. The molecule has 0 radical (unpaired) electrons. The molecule has 1 unspecified atom stereocenters. The van der Waals surface area contributed by atoms with Gasteiger partial charge in [0.05, 0.1) is 6.04 Å². The van der Waals surface area contributed by atoms with E-state index in [1.54, 1.807) is 0 Å². The molecular weight excluding hydrogens is 515 g/mol. The SMILES string of the molecule is CN=C(NCC(c1cccs1)N1CCC(C)CC1)NCC1(SC)CCOCC1.I. The second-order valence-electron chi connectivity index (χ2n) is 8.06. The number of rotatable bonds is 7. The highest BCUT2D eigenvalue weighted by Gasteiger charge is 2.32. The molecule has 0 saturated carbocycles. The number of ether oxygens (including phenoxy) is 1. The number of hydrogen-bond donors (Lipinski definition) is 2. The molecular formula is C21H37IN4OS2. The van der Waals surface area contributed by atoms with E-state index in [-0.39, 0.29) is 28.7 Å². The van der Waals surface area contributed by atoms with Crippen LogP contribution in [0.25, 0.3) is 0 Å². The number of aliphatic imine (C=N–C) groups is 1. The number of nitrogens with one attached hydrogen (secondary N) is 2. The van der Waals surface area contributed by atoms with Gasteiger partial charge in [-0.1, -0.05) is 13.0 Å². The molecule has 2 N–H and O–H groups in total. The molecule has 0 aliphatic carbocycles. The minimum absolute atomic E-state index is 0. The smallest absolute Gasteiger partial charge is 0.191 e. The van der Waals surface area contributed by atoms with Crippen LogP contribution in [0, 0.1) is 5.92 Å². The Morgan fingerprint density at radius 2 is 2.07 bits per heavy atom. The summed E-state index contributed by atoms with van der Waals surface area (Å²) in [6.07, 6.45) is 7.01. The lowest BCUT2D eigenvalue weighted by molar-refractivity contribution is 0.0782. The van der Waals surface area contributed by atoms with Crippen LogP contribution in [0.2, 0.25) is 0 Å². The second-order valence-corrected chi connectivity index (χ2v) is 10.3. The van der Waals surface area contributed by atoms with Crippen LogP contribution >= 0.6 is 47.1 Å². The largest absolute Gasteiger partial charge is 0.381 e. The van der Waals surface area contributed by atoms with Crippen LogP contribution < -0.4 is 10.6 Å². The molecule has 1 atom stereocenters. The molecule has 166 valence electrons. The maximum Gasteiger partial charge on any atom is 0.191 e. The highest BCUT2D eigenvalue weighted by Crippen LogP contribution is 2.33. The van der Waals surface area contributed by atoms with Crippen molar-refractivity contribution in [2.24, 2.45) is 10.9 Å². The number of thiophene rings is 1. The summed E-state index contributed by atoms with van der Waals surface area (Å²) in [5.74, 6) is 1.76. The molecule has 5 nitrogen and oxygen atoms in total. The topological polar surface area (TPSA) is 48.9 Å². The Bertz CT molecular complexity index is 600. The fourth-order valence-electron chi connectivity index (χ4n) is 4.09. The molecule has 0 bridgehead atoms. The number of hydrogen-bond acceptors (Lipinski definition) is 5. The Labute approximate surface area is 201 Å². The quantitative estimate of drug-likeness (QED) is 0.302. The average Bonchev–Trinajstić information content (AvgIpc) is 3.27. The molecule has 0 aromatic carbocycles. The zero-order chi connectivity index (χ0) is 19.8. The standard InChI is InChI=1S/C21H36N4OS2.HI/c1-17-6-10-25(11-7-17)18(19-5-4-14-28-19)15-23-20(22-2)24-16-21(27-3)8-12-26-13-9-21;/h4-5,14,17-18H,6-13,15-16H2,1-3H3,(H2,22,23,24);1H. The van der Waals surface area contributed by atoms with E-state index < -0.39 is 0 Å². The number of thioether (sulfide) groups is 1. The summed E-state index contributed by atoms with van der Waals surface area (Å²) >= 11 is 3.82. The lowest BCUT2D eigenvalue weighted by Crippen LogP contribution is -2.49. The van der Waals surface area contributed by atoms with Crippen molar-refractivity contribution in [1.29, 1.82) is 0 Å². The monoisotopic (exact) mass is 552 g/mol. The summed E-state index contributed by atoms with van der Waals surface area (Å²) in [6, 6.07) is 4.86. The molecule has 0 spiro atoms. The molecule has 2 fully saturated rings. The van der Waals surface area contributed by atoms with Crippen molar-refractivity contribution in [2.75, 3.05) is 52.7 Å². The van der Waals surface area contributed by atoms with Crippen LogP contribution in [0.3, 0.4) is 0 Å². The van der Waals surface area contributed by atoms with Crippen molar-refractivity contribution in [3.8, 4) is 0 Å². The third-order valence-corrected chi connectivity index (χ3v) is 8.62. The predicted octanol–water partition coefficient (Wildman–Crippen LogP) is 4.22. The van der Waals surface area contributed by atoms with Crippen molar-refractivity contribution < 1.29 is 4.74 Å². The summed E-state index contributed by atoms with van der Waals surface area (Å²) in [6.45, 7) is 8.30.